The van der Waals surface area contributed by atoms with Gasteiger partial charge in [-0.25, -0.2) is 10.4 Å². The number of carbonyl (C=O) groups is 2. The van der Waals surface area contributed by atoms with Gasteiger partial charge in [0.2, 0.25) is 5.91 Å². The third-order valence-electron chi connectivity index (χ3n) is 4.72. The summed E-state index contributed by atoms with van der Waals surface area (Å²) >= 11 is 7.55. The highest BCUT2D eigenvalue weighted by Gasteiger charge is 2.47. The molecule has 4 rings (SSSR count). The molecule has 2 unspecified atom stereocenters. The Labute approximate surface area is 182 Å². The number of nitrogens with one attached hydrogen (secondary N) is 2. The van der Waals surface area contributed by atoms with Crippen molar-refractivity contribution < 1.29 is 14.3 Å². The van der Waals surface area contributed by atoms with Crippen LogP contribution in [0.3, 0.4) is 0 Å². The highest BCUT2D eigenvalue weighted by molar-refractivity contribution is 7.14. The molecule has 0 radical (unpaired) electrons. The Hall–Kier alpha value is -2.94. The number of halogens is 1. The Bertz CT molecular complexity index is 1040. The van der Waals surface area contributed by atoms with Crippen molar-refractivity contribution in [2.75, 3.05) is 19.0 Å². The van der Waals surface area contributed by atoms with Crippen molar-refractivity contribution in [2.45, 2.75) is 11.4 Å². The van der Waals surface area contributed by atoms with E-state index in [1.54, 1.807) is 19.2 Å². The zero-order chi connectivity index (χ0) is 21.1. The standard InChI is InChI=1S/C21H19ClN4O3S/c1-29-15-9-7-14(8-10-15)19-18(22)20(28)26(19)23-11-17(27)25-21-24-16(12-30-21)13-5-3-2-4-6-13/h2-10,12,18-19,23H,11H2,1H3,(H,24,25,27). The van der Waals surface area contributed by atoms with E-state index in [9.17, 15) is 9.59 Å². The number of rotatable bonds is 7. The van der Waals surface area contributed by atoms with Gasteiger partial charge in [-0.3, -0.25) is 14.6 Å². The van der Waals surface area contributed by atoms with Crippen molar-refractivity contribution in [2.24, 2.45) is 0 Å². The van der Waals surface area contributed by atoms with Crippen LogP contribution in [-0.2, 0) is 9.59 Å². The molecule has 30 heavy (non-hydrogen) atoms. The van der Waals surface area contributed by atoms with Crippen molar-refractivity contribution in [3.05, 3.63) is 65.5 Å². The van der Waals surface area contributed by atoms with Gasteiger partial charge in [0, 0.05) is 10.9 Å². The predicted octanol–water partition coefficient (Wildman–Crippen LogP) is 3.45. The van der Waals surface area contributed by atoms with E-state index >= 15 is 0 Å². The second-order valence-electron chi connectivity index (χ2n) is 6.61. The van der Waals surface area contributed by atoms with E-state index in [-0.39, 0.29) is 24.4 Å². The number of thiazole rings is 1. The first-order valence-corrected chi connectivity index (χ1v) is 10.5. The molecule has 2 heterocycles. The maximum Gasteiger partial charge on any atom is 0.257 e. The summed E-state index contributed by atoms with van der Waals surface area (Å²) in [6.45, 7) is -0.0811. The Kier molecular flexibility index (Phi) is 5.98. The molecule has 0 aliphatic carbocycles. The molecule has 0 saturated carbocycles. The number of amides is 2. The third kappa shape index (κ3) is 4.16. The molecule has 2 aromatic carbocycles. The minimum absolute atomic E-state index is 0.0811. The lowest BCUT2D eigenvalue weighted by Gasteiger charge is -2.44. The molecule has 2 atom stereocenters. The van der Waals surface area contributed by atoms with Crippen molar-refractivity contribution >= 4 is 39.9 Å². The molecular formula is C21H19ClN4O3S. The van der Waals surface area contributed by atoms with Crippen molar-refractivity contribution in [3.8, 4) is 17.0 Å². The maximum atomic E-state index is 12.3. The van der Waals surface area contributed by atoms with E-state index in [0.717, 1.165) is 16.8 Å². The van der Waals surface area contributed by atoms with Crippen LogP contribution in [-0.4, -0.2) is 40.8 Å². The summed E-state index contributed by atoms with van der Waals surface area (Å²) in [4.78, 5) is 28.9. The quantitative estimate of drug-likeness (QED) is 0.432. The van der Waals surface area contributed by atoms with Gasteiger partial charge in [-0.15, -0.1) is 22.9 Å². The topological polar surface area (TPSA) is 83.6 Å². The van der Waals surface area contributed by atoms with E-state index in [4.69, 9.17) is 16.3 Å². The summed E-state index contributed by atoms with van der Waals surface area (Å²) < 4.78 is 5.15. The summed E-state index contributed by atoms with van der Waals surface area (Å²) in [6, 6.07) is 16.7. The number of β-lactam (4-membered cyclic amide) rings is 1. The fraction of sp³-hybridized carbons (Fsp3) is 0.190. The molecule has 0 spiro atoms. The lowest BCUT2D eigenvalue weighted by atomic mass is 9.95. The monoisotopic (exact) mass is 442 g/mol. The SMILES string of the molecule is COc1ccc(C2C(Cl)C(=O)N2NCC(=O)Nc2nc(-c3ccccc3)cs2)cc1. The number of hydrogen-bond donors (Lipinski definition) is 2. The fourth-order valence-corrected chi connectivity index (χ4v) is 4.24. The molecule has 154 valence electrons. The number of nitrogens with zero attached hydrogens (tertiary/aromatic N) is 2. The largest absolute Gasteiger partial charge is 0.497 e. The van der Waals surface area contributed by atoms with Gasteiger partial charge in [-0.1, -0.05) is 42.5 Å². The number of hydrazine groups is 1. The Morgan fingerprint density at radius 1 is 1.20 bits per heavy atom. The first-order chi connectivity index (χ1) is 14.6. The molecule has 3 aromatic rings. The zero-order valence-electron chi connectivity index (χ0n) is 16.0. The van der Waals surface area contributed by atoms with Gasteiger partial charge < -0.3 is 10.1 Å². The average molecular weight is 443 g/mol. The second-order valence-corrected chi connectivity index (χ2v) is 7.94. The summed E-state index contributed by atoms with van der Waals surface area (Å²) in [6.07, 6.45) is 0. The predicted molar refractivity (Wildman–Crippen MR) is 116 cm³/mol. The molecule has 0 bridgehead atoms. The van der Waals surface area contributed by atoms with E-state index in [0.29, 0.717) is 10.9 Å². The molecule has 1 aliphatic rings. The van der Waals surface area contributed by atoms with Gasteiger partial charge in [0.15, 0.2) is 5.13 Å². The molecular weight excluding hydrogens is 424 g/mol. The average Bonchev–Trinajstić information content (AvgIpc) is 3.25. The minimum atomic E-state index is -0.679. The van der Waals surface area contributed by atoms with Gasteiger partial charge in [0.1, 0.15) is 11.1 Å². The number of methoxy groups -OCH3 is 1. The van der Waals surface area contributed by atoms with Crippen LogP contribution in [0.15, 0.2) is 60.0 Å². The maximum absolute atomic E-state index is 12.3. The molecule has 2 N–H and O–H groups in total. The molecule has 7 nitrogen and oxygen atoms in total. The van der Waals surface area contributed by atoms with Crippen LogP contribution in [0.1, 0.15) is 11.6 Å². The number of aromatic nitrogens is 1. The Balaban J connectivity index is 1.35. The van der Waals surface area contributed by atoms with Crippen molar-refractivity contribution in [3.63, 3.8) is 0 Å². The smallest absolute Gasteiger partial charge is 0.257 e. The van der Waals surface area contributed by atoms with Crippen LogP contribution >= 0.6 is 22.9 Å². The van der Waals surface area contributed by atoms with Crippen LogP contribution in [0.2, 0.25) is 0 Å². The fourth-order valence-electron chi connectivity index (χ4n) is 3.14. The van der Waals surface area contributed by atoms with Gasteiger partial charge in [0.25, 0.3) is 5.91 Å². The summed E-state index contributed by atoms with van der Waals surface area (Å²) in [5, 5.41) is 5.84. The molecule has 1 saturated heterocycles. The lowest BCUT2D eigenvalue weighted by Crippen LogP contribution is -2.62. The number of benzene rings is 2. The first-order valence-electron chi connectivity index (χ1n) is 9.22. The summed E-state index contributed by atoms with van der Waals surface area (Å²) in [7, 11) is 1.59. The van der Waals surface area contributed by atoms with Crippen LogP contribution < -0.4 is 15.5 Å². The molecule has 2 amide bonds. The first kappa shape index (κ1) is 20.3. The van der Waals surface area contributed by atoms with Crippen LogP contribution in [0.25, 0.3) is 11.3 Å². The molecule has 9 heteroatoms. The van der Waals surface area contributed by atoms with Crippen LogP contribution in [0.4, 0.5) is 5.13 Å². The normalized spacial score (nSPS) is 18.1. The molecule has 1 aliphatic heterocycles. The highest BCUT2D eigenvalue weighted by Crippen LogP contribution is 2.37. The van der Waals surface area contributed by atoms with E-state index in [1.165, 1.54) is 16.3 Å². The minimum Gasteiger partial charge on any atom is -0.497 e. The van der Waals surface area contributed by atoms with Gasteiger partial charge in [0.05, 0.1) is 25.4 Å². The van der Waals surface area contributed by atoms with E-state index < -0.39 is 5.38 Å². The molecule has 1 aromatic heterocycles. The Morgan fingerprint density at radius 2 is 1.93 bits per heavy atom. The number of ether oxygens (including phenoxy) is 1. The van der Waals surface area contributed by atoms with Crippen molar-refractivity contribution in [1.82, 2.24) is 15.4 Å². The van der Waals surface area contributed by atoms with Gasteiger partial charge in [-0.2, -0.15) is 0 Å². The molecule has 1 fully saturated rings. The van der Waals surface area contributed by atoms with Crippen LogP contribution in [0, 0.1) is 0 Å². The number of carbonyl (C=O) groups excluding carboxylic acids is 2. The summed E-state index contributed by atoms with van der Waals surface area (Å²) in [5.74, 6) is 0.141. The van der Waals surface area contributed by atoms with E-state index in [1.807, 2.05) is 47.8 Å². The second kappa shape index (κ2) is 8.83. The van der Waals surface area contributed by atoms with Crippen LogP contribution in [0.5, 0.6) is 5.75 Å². The van der Waals surface area contributed by atoms with Gasteiger partial charge in [-0.05, 0) is 17.7 Å². The zero-order valence-corrected chi connectivity index (χ0v) is 17.6. The highest BCUT2D eigenvalue weighted by atomic mass is 35.5. The summed E-state index contributed by atoms with van der Waals surface area (Å²) in [5.41, 5.74) is 5.50. The number of hydrogen-bond acceptors (Lipinski definition) is 6. The lowest BCUT2D eigenvalue weighted by molar-refractivity contribution is -0.151. The van der Waals surface area contributed by atoms with Crippen molar-refractivity contribution in [1.29, 1.82) is 0 Å². The number of alkyl halides is 1. The van der Waals surface area contributed by atoms with Gasteiger partial charge >= 0.3 is 0 Å². The van der Waals surface area contributed by atoms with E-state index in [2.05, 4.69) is 15.7 Å². The number of anilines is 1. The Morgan fingerprint density at radius 3 is 2.63 bits per heavy atom. The third-order valence-corrected chi connectivity index (χ3v) is 5.90.